The summed E-state index contributed by atoms with van der Waals surface area (Å²) < 4.78 is 5.74. The normalized spacial score (nSPS) is 11.1. The Morgan fingerprint density at radius 3 is 2.73 bits per heavy atom. The third-order valence-electron chi connectivity index (χ3n) is 3.33. The summed E-state index contributed by atoms with van der Waals surface area (Å²) in [6.45, 7) is 2.59. The van der Waals surface area contributed by atoms with Crippen LogP contribution < -0.4 is 5.32 Å². The number of furan rings is 1. The lowest BCUT2D eigenvalue weighted by atomic mass is 10.1. The highest BCUT2D eigenvalue weighted by Gasteiger charge is 2.14. The predicted molar refractivity (Wildman–Crippen MR) is 90.2 cm³/mol. The molecule has 0 aliphatic carbocycles. The van der Waals surface area contributed by atoms with E-state index in [0.29, 0.717) is 33.1 Å². The fourth-order valence-corrected chi connectivity index (χ4v) is 3.03. The van der Waals surface area contributed by atoms with E-state index >= 15 is 0 Å². The molecule has 0 radical (unpaired) electrons. The van der Waals surface area contributed by atoms with Crippen molar-refractivity contribution in [3.63, 3.8) is 0 Å². The van der Waals surface area contributed by atoms with Crippen LogP contribution in [0.4, 0.5) is 5.82 Å². The van der Waals surface area contributed by atoms with Crippen LogP contribution in [-0.2, 0) is 6.42 Å². The Kier molecular flexibility index (Phi) is 4.43. The van der Waals surface area contributed by atoms with Crippen LogP contribution in [0.3, 0.4) is 0 Å². The third kappa shape index (κ3) is 3.14. The van der Waals surface area contributed by atoms with Crippen LogP contribution in [0.5, 0.6) is 0 Å². The summed E-state index contributed by atoms with van der Waals surface area (Å²) in [6.07, 6.45) is 2.17. The van der Waals surface area contributed by atoms with Crippen molar-refractivity contribution in [1.82, 2.24) is 9.97 Å². The van der Waals surface area contributed by atoms with Crippen LogP contribution in [0, 0.1) is 6.92 Å². The minimum atomic E-state index is 0.404. The molecule has 1 N–H and O–H groups in total. The maximum atomic E-state index is 6.17. The predicted octanol–water partition coefficient (Wildman–Crippen LogP) is 5.15. The molecular weight excluding hydrogens is 345 g/mol. The van der Waals surface area contributed by atoms with Gasteiger partial charge in [0.15, 0.2) is 5.58 Å². The maximum Gasteiger partial charge on any atom is 0.153 e. The fourth-order valence-electron chi connectivity index (χ4n) is 2.35. The van der Waals surface area contributed by atoms with Crippen LogP contribution in [-0.4, -0.2) is 16.5 Å². The van der Waals surface area contributed by atoms with Crippen molar-refractivity contribution in [2.75, 3.05) is 11.9 Å². The van der Waals surface area contributed by atoms with E-state index in [1.807, 2.05) is 13.0 Å². The second-order valence-corrected chi connectivity index (χ2v) is 6.03. The SMILES string of the molecule is Cc1oc2c(Cl)cc(Cl)cc2c1CCNc1cc(Cl)ncn1. The lowest BCUT2D eigenvalue weighted by Gasteiger charge is -2.05. The molecule has 0 aliphatic heterocycles. The molecule has 0 atom stereocenters. The van der Waals surface area contributed by atoms with Crippen LogP contribution in [0.15, 0.2) is 28.9 Å². The first-order valence-electron chi connectivity index (χ1n) is 6.63. The first-order valence-corrected chi connectivity index (χ1v) is 7.76. The summed E-state index contributed by atoms with van der Waals surface area (Å²) in [5.41, 5.74) is 1.75. The van der Waals surface area contributed by atoms with E-state index in [4.69, 9.17) is 39.2 Å². The Hall–Kier alpha value is -1.49. The molecule has 0 amide bonds. The summed E-state index contributed by atoms with van der Waals surface area (Å²) in [7, 11) is 0. The monoisotopic (exact) mass is 355 g/mol. The highest BCUT2D eigenvalue weighted by molar-refractivity contribution is 6.38. The molecule has 0 saturated carbocycles. The molecule has 7 heteroatoms. The van der Waals surface area contributed by atoms with Gasteiger partial charge in [-0.05, 0) is 25.5 Å². The average molecular weight is 357 g/mol. The molecule has 114 valence electrons. The van der Waals surface area contributed by atoms with Crippen LogP contribution in [0.25, 0.3) is 11.0 Å². The zero-order valence-electron chi connectivity index (χ0n) is 11.7. The van der Waals surface area contributed by atoms with Crippen LogP contribution in [0.2, 0.25) is 15.2 Å². The smallest absolute Gasteiger partial charge is 0.153 e. The first-order chi connectivity index (χ1) is 10.5. The number of hydrogen-bond donors (Lipinski definition) is 1. The lowest BCUT2D eigenvalue weighted by molar-refractivity contribution is 0.572. The molecule has 0 unspecified atom stereocenters. The van der Waals surface area contributed by atoms with E-state index in [9.17, 15) is 0 Å². The van der Waals surface area contributed by atoms with Crippen molar-refractivity contribution in [1.29, 1.82) is 0 Å². The molecule has 0 aliphatic rings. The minimum absolute atomic E-state index is 0.404. The number of nitrogens with one attached hydrogen (secondary N) is 1. The van der Waals surface area contributed by atoms with Gasteiger partial charge in [0.2, 0.25) is 0 Å². The minimum Gasteiger partial charge on any atom is -0.460 e. The lowest BCUT2D eigenvalue weighted by Crippen LogP contribution is -2.06. The number of fused-ring (bicyclic) bond motifs is 1. The third-order valence-corrected chi connectivity index (χ3v) is 4.03. The fraction of sp³-hybridized carbons (Fsp3) is 0.200. The van der Waals surface area contributed by atoms with Gasteiger partial charge in [0.05, 0.1) is 5.02 Å². The second-order valence-electron chi connectivity index (χ2n) is 4.80. The van der Waals surface area contributed by atoms with Crippen molar-refractivity contribution < 1.29 is 4.42 Å². The summed E-state index contributed by atoms with van der Waals surface area (Å²) in [5, 5.41) is 5.66. The number of aryl methyl sites for hydroxylation is 1. The van der Waals surface area contributed by atoms with E-state index in [2.05, 4.69) is 15.3 Å². The number of hydrogen-bond acceptors (Lipinski definition) is 4. The maximum absolute atomic E-state index is 6.17. The highest BCUT2D eigenvalue weighted by atomic mass is 35.5. The largest absolute Gasteiger partial charge is 0.460 e. The van der Waals surface area contributed by atoms with Crippen molar-refractivity contribution >= 4 is 51.6 Å². The zero-order chi connectivity index (χ0) is 15.7. The summed E-state index contributed by atoms with van der Waals surface area (Å²) >= 11 is 18.1. The Bertz CT molecular complexity index is 832. The Labute approximate surface area is 142 Å². The van der Waals surface area contributed by atoms with Crippen molar-refractivity contribution in [2.45, 2.75) is 13.3 Å². The summed E-state index contributed by atoms with van der Waals surface area (Å²) in [6, 6.07) is 5.23. The Morgan fingerprint density at radius 1 is 1.14 bits per heavy atom. The van der Waals surface area contributed by atoms with E-state index in [0.717, 1.165) is 23.1 Å². The van der Waals surface area contributed by atoms with Crippen molar-refractivity contribution in [3.8, 4) is 0 Å². The van der Waals surface area contributed by atoms with Crippen LogP contribution in [0.1, 0.15) is 11.3 Å². The Morgan fingerprint density at radius 2 is 1.95 bits per heavy atom. The van der Waals surface area contributed by atoms with Gasteiger partial charge in [0, 0.05) is 28.6 Å². The van der Waals surface area contributed by atoms with Gasteiger partial charge in [-0.2, -0.15) is 0 Å². The van der Waals surface area contributed by atoms with Gasteiger partial charge < -0.3 is 9.73 Å². The number of aromatic nitrogens is 2. The van der Waals surface area contributed by atoms with Gasteiger partial charge in [0.25, 0.3) is 0 Å². The van der Waals surface area contributed by atoms with Gasteiger partial charge in [-0.1, -0.05) is 34.8 Å². The molecule has 22 heavy (non-hydrogen) atoms. The average Bonchev–Trinajstić information content (AvgIpc) is 2.76. The number of benzene rings is 1. The standard InChI is InChI=1S/C15H12Cl3N3O/c1-8-10(2-3-19-14-6-13(18)20-7-21-14)11-4-9(16)5-12(17)15(11)22-8/h4-7H,2-3H2,1H3,(H,19,20,21). The van der Waals surface area contributed by atoms with E-state index in [-0.39, 0.29) is 0 Å². The molecule has 0 bridgehead atoms. The van der Waals surface area contributed by atoms with Gasteiger partial charge in [-0.15, -0.1) is 0 Å². The van der Waals surface area contributed by atoms with Gasteiger partial charge >= 0.3 is 0 Å². The van der Waals surface area contributed by atoms with Gasteiger partial charge in [0.1, 0.15) is 23.1 Å². The van der Waals surface area contributed by atoms with Gasteiger partial charge in [-0.25, -0.2) is 9.97 Å². The first kappa shape index (κ1) is 15.4. The highest BCUT2D eigenvalue weighted by Crippen LogP contribution is 2.34. The van der Waals surface area contributed by atoms with Gasteiger partial charge in [-0.3, -0.25) is 0 Å². The molecule has 0 spiro atoms. The second kappa shape index (κ2) is 6.32. The molecule has 2 heterocycles. The molecular formula is C15H12Cl3N3O. The molecule has 3 aromatic rings. The van der Waals surface area contributed by atoms with Crippen LogP contribution >= 0.6 is 34.8 Å². The van der Waals surface area contributed by atoms with E-state index in [1.54, 1.807) is 12.1 Å². The van der Waals surface area contributed by atoms with Crippen molar-refractivity contribution in [2.24, 2.45) is 0 Å². The molecule has 2 aromatic heterocycles. The van der Waals surface area contributed by atoms with E-state index < -0.39 is 0 Å². The number of anilines is 1. The topological polar surface area (TPSA) is 51.0 Å². The molecule has 3 rings (SSSR count). The number of rotatable bonds is 4. The number of halogens is 3. The summed E-state index contributed by atoms with van der Waals surface area (Å²) in [4.78, 5) is 7.94. The quantitative estimate of drug-likeness (QED) is 0.657. The summed E-state index contributed by atoms with van der Waals surface area (Å²) in [5.74, 6) is 1.52. The Balaban J connectivity index is 1.80. The van der Waals surface area contributed by atoms with Crippen molar-refractivity contribution in [3.05, 3.63) is 51.0 Å². The molecule has 0 saturated heterocycles. The van der Waals surface area contributed by atoms with E-state index in [1.165, 1.54) is 6.33 Å². The molecule has 0 fully saturated rings. The zero-order valence-corrected chi connectivity index (χ0v) is 13.9. The molecule has 4 nitrogen and oxygen atoms in total. The molecule has 1 aromatic carbocycles. The number of nitrogens with zero attached hydrogens (tertiary/aromatic N) is 2.